The molecule has 0 N–H and O–H groups in total. The largest absolute Gasteiger partial charge is 0.466 e. The SMILES string of the molecule is CCOC(=O)CC/C(C#N)=C/C(C)C. The average Bonchev–Trinajstić information content (AvgIpc) is 2.12. The smallest absolute Gasteiger partial charge is 0.306 e. The summed E-state index contributed by atoms with van der Waals surface area (Å²) in [4.78, 5) is 11.0. The quantitative estimate of drug-likeness (QED) is 0.500. The van der Waals surface area contributed by atoms with Gasteiger partial charge in [0, 0.05) is 5.57 Å². The van der Waals surface area contributed by atoms with Crippen molar-refractivity contribution in [2.45, 2.75) is 33.6 Å². The molecule has 0 aromatic carbocycles. The van der Waals surface area contributed by atoms with E-state index < -0.39 is 0 Å². The Morgan fingerprint density at radius 3 is 2.57 bits per heavy atom. The molecule has 78 valence electrons. The van der Waals surface area contributed by atoms with Gasteiger partial charge in [0.05, 0.1) is 19.1 Å². The Morgan fingerprint density at radius 2 is 2.14 bits per heavy atom. The van der Waals surface area contributed by atoms with Crippen LogP contribution in [0, 0.1) is 17.2 Å². The normalized spacial score (nSPS) is 11.2. The molecule has 0 fully saturated rings. The molecule has 0 aliphatic carbocycles. The summed E-state index contributed by atoms with van der Waals surface area (Å²) in [6.45, 7) is 6.17. The first-order valence-electron chi connectivity index (χ1n) is 4.86. The number of rotatable bonds is 5. The van der Waals surface area contributed by atoms with E-state index in [1.165, 1.54) is 0 Å². The van der Waals surface area contributed by atoms with Gasteiger partial charge in [0.2, 0.25) is 0 Å². The van der Waals surface area contributed by atoms with Gasteiger partial charge in [0.1, 0.15) is 0 Å². The zero-order chi connectivity index (χ0) is 11.0. The molecule has 0 unspecified atom stereocenters. The molecule has 0 aromatic heterocycles. The lowest BCUT2D eigenvalue weighted by molar-refractivity contribution is -0.143. The Labute approximate surface area is 85.4 Å². The van der Waals surface area contributed by atoms with Gasteiger partial charge >= 0.3 is 5.97 Å². The Balaban J connectivity index is 3.98. The van der Waals surface area contributed by atoms with Gasteiger partial charge in [-0.3, -0.25) is 4.79 Å². The highest BCUT2D eigenvalue weighted by molar-refractivity contribution is 5.69. The lowest BCUT2D eigenvalue weighted by Crippen LogP contribution is -2.03. The maximum Gasteiger partial charge on any atom is 0.306 e. The fourth-order valence-electron chi connectivity index (χ4n) is 1.05. The van der Waals surface area contributed by atoms with Crippen molar-refractivity contribution >= 4 is 5.97 Å². The Bertz CT molecular complexity index is 249. The lowest BCUT2D eigenvalue weighted by Gasteiger charge is -2.01. The highest BCUT2D eigenvalue weighted by Crippen LogP contribution is 2.08. The van der Waals surface area contributed by atoms with Crippen LogP contribution in [0.25, 0.3) is 0 Å². The summed E-state index contributed by atoms with van der Waals surface area (Å²) in [6.07, 6.45) is 2.65. The third kappa shape index (κ3) is 6.24. The number of hydrogen-bond donors (Lipinski definition) is 0. The summed E-state index contributed by atoms with van der Waals surface area (Å²) in [5, 5.41) is 8.75. The molecule has 0 aliphatic heterocycles. The van der Waals surface area contributed by atoms with Crippen molar-refractivity contribution in [1.82, 2.24) is 0 Å². The first-order chi connectivity index (χ1) is 6.60. The third-order valence-corrected chi connectivity index (χ3v) is 1.58. The summed E-state index contributed by atoms with van der Waals surface area (Å²) < 4.78 is 4.77. The first-order valence-corrected chi connectivity index (χ1v) is 4.86. The molecule has 14 heavy (non-hydrogen) atoms. The van der Waals surface area contributed by atoms with Crippen molar-refractivity contribution in [3.63, 3.8) is 0 Å². The van der Waals surface area contributed by atoms with E-state index in [0.717, 1.165) is 0 Å². The second-order valence-corrected chi connectivity index (χ2v) is 3.35. The molecule has 0 spiro atoms. The summed E-state index contributed by atoms with van der Waals surface area (Å²) in [6, 6.07) is 2.08. The van der Waals surface area contributed by atoms with E-state index in [-0.39, 0.29) is 5.97 Å². The fourth-order valence-corrected chi connectivity index (χ4v) is 1.05. The van der Waals surface area contributed by atoms with Crippen LogP contribution < -0.4 is 0 Å². The number of nitriles is 1. The molecule has 0 bridgehead atoms. The van der Waals surface area contributed by atoms with Crippen LogP contribution in [0.2, 0.25) is 0 Å². The topological polar surface area (TPSA) is 50.1 Å². The molecule has 0 rings (SSSR count). The third-order valence-electron chi connectivity index (χ3n) is 1.58. The highest BCUT2D eigenvalue weighted by Gasteiger charge is 2.04. The maximum absolute atomic E-state index is 11.0. The molecule has 3 nitrogen and oxygen atoms in total. The Hall–Kier alpha value is -1.30. The molecular weight excluding hydrogens is 178 g/mol. The van der Waals surface area contributed by atoms with E-state index in [4.69, 9.17) is 10.00 Å². The van der Waals surface area contributed by atoms with Crippen molar-refractivity contribution in [3.8, 4) is 6.07 Å². The Morgan fingerprint density at radius 1 is 1.50 bits per heavy atom. The summed E-state index contributed by atoms with van der Waals surface area (Å²) in [7, 11) is 0. The number of nitrogens with zero attached hydrogens (tertiary/aromatic N) is 1. The van der Waals surface area contributed by atoms with E-state index >= 15 is 0 Å². The number of hydrogen-bond acceptors (Lipinski definition) is 3. The van der Waals surface area contributed by atoms with Crippen molar-refractivity contribution in [2.24, 2.45) is 5.92 Å². The van der Waals surface area contributed by atoms with Gasteiger partial charge in [-0.2, -0.15) is 5.26 Å². The molecule has 0 saturated carbocycles. The summed E-state index contributed by atoms with van der Waals surface area (Å²) in [5.74, 6) is 0.101. The average molecular weight is 195 g/mol. The van der Waals surface area contributed by atoms with E-state index in [2.05, 4.69) is 6.07 Å². The van der Waals surface area contributed by atoms with Crippen molar-refractivity contribution in [3.05, 3.63) is 11.6 Å². The molecule has 0 atom stereocenters. The van der Waals surface area contributed by atoms with Gasteiger partial charge in [-0.1, -0.05) is 19.9 Å². The van der Waals surface area contributed by atoms with Crippen LogP contribution in [0.5, 0.6) is 0 Å². The second kappa shape index (κ2) is 7.14. The van der Waals surface area contributed by atoms with E-state index in [1.807, 2.05) is 19.9 Å². The summed E-state index contributed by atoms with van der Waals surface area (Å²) >= 11 is 0. The minimum absolute atomic E-state index is 0.239. The second-order valence-electron chi connectivity index (χ2n) is 3.35. The number of ether oxygens (including phenoxy) is 1. The van der Waals surface area contributed by atoms with Crippen LogP contribution in [-0.2, 0) is 9.53 Å². The zero-order valence-electron chi connectivity index (χ0n) is 9.04. The number of carbonyl (C=O) groups excluding carboxylic acids is 1. The number of allylic oxidation sites excluding steroid dienone is 2. The molecule has 0 radical (unpaired) electrons. The van der Waals surface area contributed by atoms with Crippen molar-refractivity contribution < 1.29 is 9.53 Å². The minimum Gasteiger partial charge on any atom is -0.466 e. The maximum atomic E-state index is 11.0. The minimum atomic E-state index is -0.239. The first kappa shape index (κ1) is 12.7. The summed E-state index contributed by atoms with van der Waals surface area (Å²) in [5.41, 5.74) is 0.660. The van der Waals surface area contributed by atoms with Gasteiger partial charge in [-0.25, -0.2) is 0 Å². The Kier molecular flexibility index (Phi) is 6.47. The monoisotopic (exact) mass is 195 g/mol. The van der Waals surface area contributed by atoms with Gasteiger partial charge in [-0.15, -0.1) is 0 Å². The van der Waals surface area contributed by atoms with Crippen LogP contribution in [0.1, 0.15) is 33.6 Å². The molecular formula is C11H17NO2. The molecule has 3 heteroatoms. The molecule has 0 aliphatic rings. The standard InChI is InChI=1S/C11H17NO2/c1-4-14-11(13)6-5-10(8-12)7-9(2)3/h7,9H,4-6H2,1-3H3/b10-7-. The molecule has 0 aromatic rings. The van der Waals surface area contributed by atoms with Crippen LogP contribution >= 0.6 is 0 Å². The van der Waals surface area contributed by atoms with Crippen LogP contribution in [0.4, 0.5) is 0 Å². The molecule has 0 saturated heterocycles. The van der Waals surface area contributed by atoms with Gasteiger partial charge in [0.15, 0.2) is 0 Å². The van der Waals surface area contributed by atoms with Crippen LogP contribution in [-0.4, -0.2) is 12.6 Å². The predicted octanol–water partition coefficient (Wildman–Crippen LogP) is 2.44. The van der Waals surface area contributed by atoms with Crippen molar-refractivity contribution in [1.29, 1.82) is 5.26 Å². The van der Waals surface area contributed by atoms with Gasteiger partial charge in [0.25, 0.3) is 0 Å². The lowest BCUT2D eigenvalue weighted by atomic mass is 10.1. The van der Waals surface area contributed by atoms with E-state index in [0.29, 0.717) is 30.9 Å². The zero-order valence-corrected chi connectivity index (χ0v) is 9.04. The van der Waals surface area contributed by atoms with Gasteiger partial charge < -0.3 is 4.74 Å². The number of carbonyl (C=O) groups is 1. The van der Waals surface area contributed by atoms with Crippen LogP contribution in [0.3, 0.4) is 0 Å². The van der Waals surface area contributed by atoms with Gasteiger partial charge in [-0.05, 0) is 19.3 Å². The van der Waals surface area contributed by atoms with Crippen molar-refractivity contribution in [2.75, 3.05) is 6.61 Å². The predicted molar refractivity (Wildman–Crippen MR) is 54.4 cm³/mol. The molecule has 0 heterocycles. The molecule has 0 amide bonds. The van der Waals surface area contributed by atoms with E-state index in [9.17, 15) is 4.79 Å². The van der Waals surface area contributed by atoms with E-state index in [1.54, 1.807) is 6.92 Å². The van der Waals surface area contributed by atoms with Crippen LogP contribution in [0.15, 0.2) is 11.6 Å². The fraction of sp³-hybridized carbons (Fsp3) is 0.636. The highest BCUT2D eigenvalue weighted by atomic mass is 16.5. The number of esters is 1.